The minimum Gasteiger partial charge on any atom is -0.372 e. The first-order chi connectivity index (χ1) is 10.6. The van der Waals surface area contributed by atoms with Gasteiger partial charge in [-0.15, -0.1) is 0 Å². The maximum absolute atomic E-state index is 13.6. The minimum atomic E-state index is -3.99. The van der Waals surface area contributed by atoms with E-state index in [1.54, 1.807) is 42.5 Å². The van der Waals surface area contributed by atoms with E-state index in [-0.39, 0.29) is 5.56 Å². The maximum Gasteiger partial charge on any atom is 0.311 e. The average molecular weight is 318 g/mol. The molecule has 0 fully saturated rings. The van der Waals surface area contributed by atoms with Crippen LogP contribution in [0.2, 0.25) is 0 Å². The molecule has 22 heavy (non-hydrogen) atoms. The number of hydrogen-bond donors (Lipinski definition) is 1. The molecule has 114 valence electrons. The maximum atomic E-state index is 13.6. The lowest BCUT2D eigenvalue weighted by Crippen LogP contribution is -2.28. The molecule has 0 aliphatic rings. The third kappa shape index (κ3) is 3.13. The summed E-state index contributed by atoms with van der Waals surface area (Å²) in [6, 6.07) is 16.8. The highest BCUT2D eigenvalue weighted by Crippen LogP contribution is 2.61. The summed E-state index contributed by atoms with van der Waals surface area (Å²) >= 11 is 0. The van der Waals surface area contributed by atoms with Gasteiger partial charge in [-0.05, 0) is 23.4 Å². The van der Waals surface area contributed by atoms with Crippen LogP contribution in [0.25, 0.3) is 0 Å². The molecule has 1 N–H and O–H groups in total. The molecule has 0 heterocycles. The van der Waals surface area contributed by atoms with Crippen LogP contribution >= 0.6 is 7.37 Å². The van der Waals surface area contributed by atoms with Crippen LogP contribution in [0.15, 0.2) is 60.7 Å². The van der Waals surface area contributed by atoms with E-state index in [9.17, 15) is 14.1 Å². The molecule has 5 heteroatoms. The van der Waals surface area contributed by atoms with Crippen LogP contribution < -0.4 is 0 Å². The molecule has 0 unspecified atom stereocenters. The second kappa shape index (κ2) is 6.89. The van der Waals surface area contributed by atoms with Crippen molar-refractivity contribution in [3.05, 3.63) is 71.8 Å². The summed E-state index contributed by atoms with van der Waals surface area (Å²) in [6.45, 7) is -1.26. The van der Waals surface area contributed by atoms with E-state index >= 15 is 0 Å². The first-order valence-corrected chi connectivity index (χ1v) is 8.26. The van der Waals surface area contributed by atoms with Gasteiger partial charge < -0.3 is 9.63 Å². The molecule has 0 bridgehead atoms. The smallest absolute Gasteiger partial charge is 0.311 e. The first-order valence-electron chi connectivity index (χ1n) is 6.64. The lowest BCUT2D eigenvalue weighted by atomic mass is 10.1. The Balaban J connectivity index is 2.48. The van der Waals surface area contributed by atoms with Gasteiger partial charge >= 0.3 is 7.37 Å². The molecule has 3 nitrogen and oxygen atoms in total. The third-order valence-electron chi connectivity index (χ3n) is 3.29. The lowest BCUT2D eigenvalue weighted by Gasteiger charge is -2.29. The molecule has 0 aliphatic heterocycles. The highest BCUT2D eigenvalue weighted by Gasteiger charge is 2.48. The van der Waals surface area contributed by atoms with Crippen molar-refractivity contribution in [3.8, 4) is 11.6 Å². The summed E-state index contributed by atoms with van der Waals surface area (Å²) in [7, 11) is -2.83. The summed E-state index contributed by atoms with van der Waals surface area (Å²) in [5.74, 6) is 2.68. The van der Waals surface area contributed by atoms with Gasteiger partial charge in [0.05, 0.1) is 0 Å². The molecule has 0 saturated carbocycles. The second-order valence-corrected chi connectivity index (χ2v) is 7.08. The number of rotatable bonds is 4. The molecule has 2 aromatic carbocycles. The van der Waals surface area contributed by atoms with Crippen molar-refractivity contribution in [2.45, 2.75) is 5.34 Å². The van der Waals surface area contributed by atoms with Gasteiger partial charge in [0.15, 0.2) is 0 Å². The van der Waals surface area contributed by atoms with Crippen molar-refractivity contribution in [2.24, 2.45) is 0 Å². The highest BCUT2D eigenvalue weighted by molar-refractivity contribution is 7.65. The molecule has 0 spiro atoms. The number of aliphatic hydroxyl groups is 1. The van der Waals surface area contributed by atoms with Crippen molar-refractivity contribution in [1.29, 1.82) is 0 Å². The summed E-state index contributed by atoms with van der Waals surface area (Å²) in [5, 5.41) is 8.34. The van der Waals surface area contributed by atoms with Crippen molar-refractivity contribution in [2.75, 3.05) is 13.8 Å². The molecule has 0 radical (unpaired) electrons. The van der Waals surface area contributed by atoms with Crippen LogP contribution in [0, 0.1) is 11.6 Å². The van der Waals surface area contributed by atoms with E-state index in [0.717, 1.165) is 7.11 Å². The Hall–Kier alpha value is -1.92. The second-order valence-electron chi connectivity index (χ2n) is 4.65. The van der Waals surface area contributed by atoms with E-state index < -0.39 is 19.4 Å². The summed E-state index contributed by atoms with van der Waals surface area (Å²) < 4.78 is 31.5. The summed E-state index contributed by atoms with van der Waals surface area (Å²) in [6.07, 6.45) is 0. The van der Waals surface area contributed by atoms with Crippen molar-refractivity contribution in [1.82, 2.24) is 0 Å². The highest BCUT2D eigenvalue weighted by atomic mass is 31.2. The Labute approximate surface area is 129 Å². The van der Waals surface area contributed by atoms with Crippen LogP contribution in [-0.4, -0.2) is 18.9 Å². The van der Waals surface area contributed by atoms with Crippen molar-refractivity contribution in [3.63, 3.8) is 0 Å². The fourth-order valence-electron chi connectivity index (χ4n) is 1.98. The minimum absolute atomic E-state index is 0.171. The predicted molar refractivity (Wildman–Crippen MR) is 84.2 cm³/mol. The molecule has 0 aromatic heterocycles. The Kier molecular flexibility index (Phi) is 5.15. The molecule has 2 rings (SSSR count). The molecule has 2 aromatic rings. The molecule has 0 saturated heterocycles. The monoisotopic (exact) mass is 318 g/mol. The van der Waals surface area contributed by atoms with Gasteiger partial charge in [-0.1, -0.05) is 54.5 Å². The Morgan fingerprint density at radius 3 is 2.18 bits per heavy atom. The zero-order valence-corrected chi connectivity index (χ0v) is 13.0. The van der Waals surface area contributed by atoms with Crippen LogP contribution in [0.3, 0.4) is 0 Å². The van der Waals surface area contributed by atoms with E-state index in [0.29, 0.717) is 5.56 Å². The van der Waals surface area contributed by atoms with E-state index in [4.69, 9.17) is 4.52 Å². The van der Waals surface area contributed by atoms with Gasteiger partial charge in [-0.3, -0.25) is 4.57 Å². The molecular weight excluding hydrogens is 302 g/mol. The number of halogens is 1. The van der Waals surface area contributed by atoms with E-state index in [2.05, 4.69) is 11.6 Å². The third-order valence-corrected chi connectivity index (χ3v) is 5.56. The van der Waals surface area contributed by atoms with Gasteiger partial charge in [-0.25, -0.2) is 4.39 Å². The quantitative estimate of drug-likeness (QED) is 0.690. The number of alkyl halides is 1. The molecule has 0 amide bonds. The van der Waals surface area contributed by atoms with Crippen LogP contribution in [0.5, 0.6) is 0 Å². The van der Waals surface area contributed by atoms with Crippen LogP contribution in [0.1, 0.15) is 11.1 Å². The fraction of sp³-hybridized carbons (Fsp3) is 0.176. The summed E-state index contributed by atoms with van der Waals surface area (Å²) in [4.78, 5) is 0. The summed E-state index contributed by atoms with van der Waals surface area (Å²) in [5.41, 5.74) is 3.22. The molecule has 2 atom stereocenters. The van der Waals surface area contributed by atoms with Gasteiger partial charge in [0.1, 0.15) is 6.67 Å². The van der Waals surface area contributed by atoms with Crippen molar-refractivity contribution < 1.29 is 18.6 Å². The molecular formula is C17H16FO3P. The Morgan fingerprint density at radius 2 is 1.68 bits per heavy atom. The largest absolute Gasteiger partial charge is 0.372 e. The number of hydrogen-bond acceptors (Lipinski definition) is 3. The Bertz CT molecular complexity index is 722. The lowest BCUT2D eigenvalue weighted by molar-refractivity contribution is 0.0777. The van der Waals surface area contributed by atoms with Crippen LogP contribution in [-0.2, 0) is 14.4 Å². The van der Waals surface area contributed by atoms with Gasteiger partial charge in [0, 0.05) is 12.7 Å². The molecule has 0 aliphatic carbocycles. The number of benzene rings is 2. The van der Waals surface area contributed by atoms with E-state index in [1.165, 1.54) is 12.1 Å². The first kappa shape index (κ1) is 16.5. The topological polar surface area (TPSA) is 46.5 Å². The van der Waals surface area contributed by atoms with Gasteiger partial charge in [0.2, 0.25) is 5.34 Å². The normalized spacial score (nSPS) is 16.0. The fourth-order valence-corrected chi connectivity index (χ4v) is 3.48. The zero-order chi connectivity index (χ0) is 16.1. The van der Waals surface area contributed by atoms with Crippen molar-refractivity contribution >= 4 is 7.37 Å². The SMILES string of the molecule is CO[P@@](=O)(C#Cc1ccccc1)[C@@](O)(CF)c1ccccc1. The average Bonchev–Trinajstić information content (AvgIpc) is 2.60. The standard InChI is InChI=1S/C17H16FO3P/c1-21-22(20,13-12-15-8-4-2-5-9-15)17(19,14-18)16-10-6-3-7-11-16/h2-11,19H,14H2,1H3/t17-,22-/m0/s1. The van der Waals surface area contributed by atoms with Gasteiger partial charge in [-0.2, -0.15) is 0 Å². The Morgan fingerprint density at radius 1 is 1.14 bits per heavy atom. The van der Waals surface area contributed by atoms with Gasteiger partial charge in [0.25, 0.3) is 0 Å². The van der Waals surface area contributed by atoms with E-state index in [1.807, 2.05) is 6.07 Å². The predicted octanol–water partition coefficient (Wildman–Crippen LogP) is 3.73. The zero-order valence-electron chi connectivity index (χ0n) is 12.1. The van der Waals surface area contributed by atoms with Crippen LogP contribution in [0.4, 0.5) is 4.39 Å².